The highest BCUT2D eigenvalue weighted by molar-refractivity contribution is 6.41. The third-order valence-corrected chi connectivity index (χ3v) is 5.28. The van der Waals surface area contributed by atoms with Crippen LogP contribution in [0.25, 0.3) is 0 Å². The molecular formula is C14H12Cl2O4. The van der Waals surface area contributed by atoms with E-state index in [1.807, 2.05) is 12.2 Å². The number of esters is 2. The Labute approximate surface area is 126 Å². The monoisotopic (exact) mass is 314 g/mol. The van der Waals surface area contributed by atoms with E-state index in [0.717, 1.165) is 0 Å². The second-order valence-corrected chi connectivity index (χ2v) is 5.81. The molecule has 0 aromatic carbocycles. The van der Waals surface area contributed by atoms with E-state index in [1.54, 1.807) is 0 Å². The zero-order valence-electron chi connectivity index (χ0n) is 10.9. The Morgan fingerprint density at radius 3 is 1.55 bits per heavy atom. The highest BCUT2D eigenvalue weighted by Crippen LogP contribution is 2.62. The lowest BCUT2D eigenvalue weighted by Crippen LogP contribution is -2.48. The van der Waals surface area contributed by atoms with Crippen LogP contribution >= 0.6 is 23.2 Å². The predicted molar refractivity (Wildman–Crippen MR) is 72.9 cm³/mol. The number of carbonyl (C=O) groups excluding carboxylic acids is 2. The summed E-state index contributed by atoms with van der Waals surface area (Å²) in [7, 11) is 2.58. The maximum atomic E-state index is 12.0. The molecule has 4 aliphatic carbocycles. The summed E-state index contributed by atoms with van der Waals surface area (Å²) in [6.45, 7) is 0. The quantitative estimate of drug-likeness (QED) is 0.580. The number of hydrogen-bond acceptors (Lipinski definition) is 4. The number of ether oxygens (including phenoxy) is 2. The molecule has 4 atom stereocenters. The molecule has 20 heavy (non-hydrogen) atoms. The molecule has 0 amide bonds. The van der Waals surface area contributed by atoms with Gasteiger partial charge < -0.3 is 9.47 Å². The molecule has 0 aromatic rings. The zero-order valence-corrected chi connectivity index (χ0v) is 12.4. The van der Waals surface area contributed by atoms with Crippen LogP contribution < -0.4 is 0 Å². The summed E-state index contributed by atoms with van der Waals surface area (Å²) < 4.78 is 9.61. The van der Waals surface area contributed by atoms with Gasteiger partial charge in [-0.3, -0.25) is 0 Å². The minimum Gasteiger partial charge on any atom is -0.466 e. The van der Waals surface area contributed by atoms with Gasteiger partial charge >= 0.3 is 11.9 Å². The van der Waals surface area contributed by atoms with E-state index >= 15 is 0 Å². The van der Waals surface area contributed by atoms with Gasteiger partial charge in [-0.1, -0.05) is 35.4 Å². The summed E-state index contributed by atoms with van der Waals surface area (Å²) >= 11 is 12.3. The van der Waals surface area contributed by atoms with Crippen LogP contribution in [0.3, 0.4) is 0 Å². The zero-order chi connectivity index (χ0) is 14.6. The van der Waals surface area contributed by atoms with Crippen LogP contribution in [-0.2, 0) is 19.1 Å². The maximum absolute atomic E-state index is 12.0. The molecule has 0 radical (unpaired) electrons. The minimum atomic E-state index is -0.518. The molecular weight excluding hydrogens is 303 g/mol. The largest absolute Gasteiger partial charge is 0.466 e. The molecule has 0 aromatic heterocycles. The van der Waals surface area contributed by atoms with Gasteiger partial charge in [-0.25, -0.2) is 9.59 Å². The van der Waals surface area contributed by atoms with Crippen molar-refractivity contribution in [2.24, 2.45) is 23.7 Å². The van der Waals surface area contributed by atoms with Gasteiger partial charge in [0.15, 0.2) is 0 Å². The van der Waals surface area contributed by atoms with Crippen molar-refractivity contribution in [2.75, 3.05) is 14.2 Å². The SMILES string of the molecule is COC(=O)C1=C(C(=O)OC)[C@H]2C=C[C@H]1[C@@H]1C(Cl)=C(Cl)[C@H]12. The van der Waals surface area contributed by atoms with Crippen LogP contribution in [0.2, 0.25) is 0 Å². The Morgan fingerprint density at radius 1 is 0.900 bits per heavy atom. The summed E-state index contributed by atoms with van der Waals surface area (Å²) in [5, 5.41) is 1.14. The van der Waals surface area contributed by atoms with Gasteiger partial charge in [-0.05, 0) is 0 Å². The van der Waals surface area contributed by atoms with Crippen molar-refractivity contribution in [3.05, 3.63) is 33.4 Å². The number of methoxy groups -OCH3 is 2. The Balaban J connectivity index is 2.13. The standard InChI is InChI=1S/C14H12Cl2O4/c1-19-13(17)9-5-3-4-6(10(9)14(18)20-2)8-7(5)11(15)12(8)16/h3-8H,1-2H3/t5-,6-,7-,8-/m0/s1. The van der Waals surface area contributed by atoms with E-state index < -0.39 is 11.9 Å². The predicted octanol–water partition coefficient (Wildman–Crippen LogP) is 2.38. The molecule has 2 bridgehead atoms. The number of rotatable bonds is 2. The molecule has 0 saturated heterocycles. The lowest BCUT2D eigenvalue weighted by molar-refractivity contribution is -0.141. The molecule has 0 heterocycles. The van der Waals surface area contributed by atoms with Crippen LogP contribution in [0.1, 0.15) is 0 Å². The smallest absolute Gasteiger partial charge is 0.334 e. The molecule has 4 aliphatic rings. The highest BCUT2D eigenvalue weighted by Gasteiger charge is 2.57. The van der Waals surface area contributed by atoms with Crippen molar-refractivity contribution in [1.29, 1.82) is 0 Å². The van der Waals surface area contributed by atoms with Crippen molar-refractivity contribution in [1.82, 2.24) is 0 Å². The van der Waals surface area contributed by atoms with Crippen molar-refractivity contribution in [2.45, 2.75) is 0 Å². The Morgan fingerprint density at radius 2 is 1.25 bits per heavy atom. The first kappa shape index (κ1) is 13.7. The van der Waals surface area contributed by atoms with Crippen molar-refractivity contribution in [3.63, 3.8) is 0 Å². The number of carbonyl (C=O) groups is 2. The Hall–Kier alpha value is -1.26. The van der Waals surface area contributed by atoms with Gasteiger partial charge in [0.25, 0.3) is 0 Å². The van der Waals surface area contributed by atoms with E-state index in [2.05, 4.69) is 0 Å². The molecule has 0 spiro atoms. The Kier molecular flexibility index (Phi) is 3.18. The fourth-order valence-electron chi connectivity index (χ4n) is 3.40. The van der Waals surface area contributed by atoms with E-state index in [4.69, 9.17) is 32.7 Å². The van der Waals surface area contributed by atoms with Crippen molar-refractivity contribution in [3.8, 4) is 0 Å². The van der Waals surface area contributed by atoms with Crippen LogP contribution in [0.4, 0.5) is 0 Å². The summed E-state index contributed by atoms with van der Waals surface area (Å²) in [6.07, 6.45) is 3.80. The number of halogens is 2. The molecule has 106 valence electrons. The average molecular weight is 315 g/mol. The van der Waals surface area contributed by atoms with Gasteiger partial charge in [-0.2, -0.15) is 0 Å². The summed E-state index contributed by atoms with van der Waals surface area (Å²) in [4.78, 5) is 24.1. The van der Waals surface area contributed by atoms with E-state index in [1.165, 1.54) is 14.2 Å². The fourth-order valence-corrected chi connectivity index (χ4v) is 4.20. The molecule has 6 heteroatoms. The molecule has 0 fully saturated rings. The third-order valence-electron chi connectivity index (χ3n) is 4.27. The van der Waals surface area contributed by atoms with Crippen LogP contribution in [0, 0.1) is 23.7 Å². The van der Waals surface area contributed by atoms with Gasteiger partial charge in [0.1, 0.15) is 0 Å². The van der Waals surface area contributed by atoms with Crippen LogP contribution in [0.15, 0.2) is 33.4 Å². The highest BCUT2D eigenvalue weighted by atomic mass is 35.5. The van der Waals surface area contributed by atoms with E-state index in [0.29, 0.717) is 21.2 Å². The number of hydrogen-bond donors (Lipinski definition) is 0. The lowest BCUT2D eigenvalue weighted by Gasteiger charge is -2.51. The molecule has 4 rings (SSSR count). The first-order valence-electron chi connectivity index (χ1n) is 6.17. The molecule has 0 aliphatic heterocycles. The summed E-state index contributed by atoms with van der Waals surface area (Å²) in [6, 6.07) is 0. The second-order valence-electron chi connectivity index (χ2n) is 4.99. The minimum absolute atomic E-state index is 0.0401. The average Bonchev–Trinajstić information content (AvgIpc) is 2.50. The van der Waals surface area contributed by atoms with Gasteiger partial charge in [0.05, 0.1) is 25.4 Å². The Bertz CT molecular complexity index is 552. The molecule has 0 saturated carbocycles. The molecule has 0 unspecified atom stereocenters. The molecule has 4 nitrogen and oxygen atoms in total. The first-order chi connectivity index (χ1) is 9.52. The van der Waals surface area contributed by atoms with Gasteiger partial charge in [-0.15, -0.1) is 0 Å². The maximum Gasteiger partial charge on any atom is 0.334 e. The summed E-state index contributed by atoms with van der Waals surface area (Å²) in [5.74, 6) is -1.67. The van der Waals surface area contributed by atoms with Crippen molar-refractivity contribution < 1.29 is 19.1 Å². The summed E-state index contributed by atoms with van der Waals surface area (Å²) in [5.41, 5.74) is 0.686. The number of allylic oxidation sites excluding steroid dienone is 4. The van der Waals surface area contributed by atoms with E-state index in [9.17, 15) is 9.59 Å². The first-order valence-corrected chi connectivity index (χ1v) is 6.92. The van der Waals surface area contributed by atoms with Crippen molar-refractivity contribution >= 4 is 35.1 Å². The third kappa shape index (κ3) is 1.55. The normalized spacial score (nSPS) is 33.8. The lowest BCUT2D eigenvalue weighted by atomic mass is 9.55. The van der Waals surface area contributed by atoms with E-state index in [-0.39, 0.29) is 23.7 Å². The van der Waals surface area contributed by atoms with Crippen LogP contribution in [-0.4, -0.2) is 26.2 Å². The fraction of sp³-hybridized carbons (Fsp3) is 0.429. The van der Waals surface area contributed by atoms with Crippen LogP contribution in [0.5, 0.6) is 0 Å². The topological polar surface area (TPSA) is 52.6 Å². The second kappa shape index (κ2) is 4.64. The van der Waals surface area contributed by atoms with Gasteiger partial charge in [0.2, 0.25) is 0 Å². The van der Waals surface area contributed by atoms with Gasteiger partial charge in [0, 0.05) is 33.7 Å². The molecule has 0 N–H and O–H groups in total.